The first kappa shape index (κ1) is 21.9. The molecule has 0 aliphatic heterocycles. The maximum Gasteiger partial charge on any atom is 0.338 e. The molecule has 3 rings (SSSR count). The number of ketones is 2. The lowest BCUT2D eigenvalue weighted by Gasteiger charge is -2.16. The zero-order valence-electron chi connectivity index (χ0n) is 17.2. The molecule has 31 heavy (non-hydrogen) atoms. The Morgan fingerprint density at radius 1 is 0.774 bits per heavy atom. The van der Waals surface area contributed by atoms with Crippen LogP contribution < -0.4 is 0 Å². The number of hydrogen-bond donors (Lipinski definition) is 0. The second-order valence-corrected chi connectivity index (χ2v) is 7.11. The van der Waals surface area contributed by atoms with Gasteiger partial charge in [-0.05, 0) is 24.1 Å². The topological polar surface area (TPSA) is 60.4 Å². The van der Waals surface area contributed by atoms with Gasteiger partial charge in [-0.15, -0.1) is 6.58 Å². The largest absolute Gasteiger partial charge is 0.462 e. The molecule has 3 aromatic rings. The molecule has 4 heteroatoms. The smallest absolute Gasteiger partial charge is 0.338 e. The summed E-state index contributed by atoms with van der Waals surface area (Å²) in [7, 11) is 0. The van der Waals surface area contributed by atoms with Gasteiger partial charge in [0.1, 0.15) is 0 Å². The van der Waals surface area contributed by atoms with Crippen molar-refractivity contribution in [3.8, 4) is 0 Å². The number of rotatable bonds is 10. The van der Waals surface area contributed by atoms with E-state index in [9.17, 15) is 14.4 Å². The summed E-state index contributed by atoms with van der Waals surface area (Å²) in [4.78, 5) is 38.2. The van der Waals surface area contributed by atoms with Crippen LogP contribution in [-0.4, -0.2) is 24.1 Å². The van der Waals surface area contributed by atoms with Gasteiger partial charge < -0.3 is 4.74 Å². The van der Waals surface area contributed by atoms with Gasteiger partial charge in [0.05, 0.1) is 18.1 Å². The molecule has 0 heterocycles. The Bertz CT molecular complexity index is 1040. The maximum atomic E-state index is 13.3. The Kier molecular flexibility index (Phi) is 7.66. The van der Waals surface area contributed by atoms with Crippen molar-refractivity contribution in [1.82, 2.24) is 0 Å². The van der Waals surface area contributed by atoms with Crippen LogP contribution in [0.25, 0.3) is 0 Å². The molecule has 4 nitrogen and oxygen atoms in total. The van der Waals surface area contributed by atoms with E-state index in [1.54, 1.807) is 78.9 Å². The summed E-state index contributed by atoms with van der Waals surface area (Å²) >= 11 is 0. The fourth-order valence-corrected chi connectivity index (χ4v) is 3.26. The highest BCUT2D eigenvalue weighted by Crippen LogP contribution is 2.27. The molecule has 1 unspecified atom stereocenters. The SMILES string of the molecule is C=CCCOC(=O)c1ccc(C(CC(=O)c2ccccc2)C(=O)c2ccccc2)cc1. The van der Waals surface area contributed by atoms with Gasteiger partial charge in [0.2, 0.25) is 0 Å². The van der Waals surface area contributed by atoms with Gasteiger partial charge in [0, 0.05) is 17.5 Å². The average molecular weight is 412 g/mol. The third-order valence-corrected chi connectivity index (χ3v) is 4.96. The van der Waals surface area contributed by atoms with Gasteiger partial charge in [-0.3, -0.25) is 9.59 Å². The molecule has 0 amide bonds. The molecule has 0 radical (unpaired) electrons. The van der Waals surface area contributed by atoms with Crippen molar-refractivity contribution in [2.24, 2.45) is 0 Å². The first-order chi connectivity index (χ1) is 15.1. The number of esters is 1. The van der Waals surface area contributed by atoms with Gasteiger partial charge in [0.25, 0.3) is 0 Å². The summed E-state index contributed by atoms with van der Waals surface area (Å²) in [6.07, 6.45) is 2.31. The van der Waals surface area contributed by atoms with Crippen molar-refractivity contribution in [1.29, 1.82) is 0 Å². The molecular formula is C27H24O4. The first-order valence-electron chi connectivity index (χ1n) is 10.2. The third kappa shape index (κ3) is 5.86. The molecule has 0 aliphatic carbocycles. The molecule has 0 aromatic heterocycles. The number of benzene rings is 3. The van der Waals surface area contributed by atoms with E-state index in [0.29, 0.717) is 28.7 Å². The molecule has 156 valence electrons. The molecule has 0 fully saturated rings. The highest BCUT2D eigenvalue weighted by molar-refractivity contribution is 6.06. The molecule has 1 atom stereocenters. The van der Waals surface area contributed by atoms with Crippen LogP contribution in [0.1, 0.15) is 55.4 Å². The van der Waals surface area contributed by atoms with Crippen LogP contribution in [0.3, 0.4) is 0 Å². The maximum absolute atomic E-state index is 13.3. The van der Waals surface area contributed by atoms with Gasteiger partial charge in [-0.1, -0.05) is 78.9 Å². The van der Waals surface area contributed by atoms with E-state index in [0.717, 1.165) is 0 Å². The zero-order valence-corrected chi connectivity index (χ0v) is 17.2. The van der Waals surface area contributed by atoms with Crippen LogP contribution >= 0.6 is 0 Å². The second-order valence-electron chi connectivity index (χ2n) is 7.11. The van der Waals surface area contributed by atoms with E-state index in [4.69, 9.17) is 4.74 Å². The number of carbonyl (C=O) groups is 3. The van der Waals surface area contributed by atoms with Gasteiger partial charge >= 0.3 is 5.97 Å². The van der Waals surface area contributed by atoms with Crippen LogP contribution in [-0.2, 0) is 4.74 Å². The van der Waals surface area contributed by atoms with E-state index in [1.165, 1.54) is 0 Å². The Morgan fingerprint density at radius 2 is 1.35 bits per heavy atom. The summed E-state index contributed by atoms with van der Waals surface area (Å²) in [5.74, 6) is -1.32. The standard InChI is InChI=1S/C27H24O4/c1-2-3-18-31-27(30)23-16-14-20(15-17-23)24(26(29)22-12-8-5-9-13-22)19-25(28)21-10-6-4-7-11-21/h2,4-17,24H,1,3,18-19H2. The van der Waals surface area contributed by atoms with Crippen molar-refractivity contribution >= 4 is 17.5 Å². The summed E-state index contributed by atoms with van der Waals surface area (Å²) in [5.41, 5.74) is 2.19. The molecule has 0 aliphatic rings. The highest BCUT2D eigenvalue weighted by atomic mass is 16.5. The van der Waals surface area contributed by atoms with E-state index in [1.807, 2.05) is 12.1 Å². The minimum absolute atomic E-state index is 0.0425. The lowest BCUT2D eigenvalue weighted by molar-refractivity contribution is 0.0511. The van der Waals surface area contributed by atoms with Crippen molar-refractivity contribution < 1.29 is 19.1 Å². The molecule has 0 N–H and O–H groups in total. The molecule has 0 bridgehead atoms. The van der Waals surface area contributed by atoms with E-state index in [2.05, 4.69) is 6.58 Å². The molecule has 0 saturated carbocycles. The van der Waals surface area contributed by atoms with Crippen LogP contribution in [0.2, 0.25) is 0 Å². The summed E-state index contributed by atoms with van der Waals surface area (Å²) in [5, 5.41) is 0. The van der Waals surface area contributed by atoms with Crippen molar-refractivity contribution in [2.75, 3.05) is 6.61 Å². The minimum Gasteiger partial charge on any atom is -0.462 e. The van der Waals surface area contributed by atoms with E-state index < -0.39 is 11.9 Å². The highest BCUT2D eigenvalue weighted by Gasteiger charge is 2.25. The summed E-state index contributed by atoms with van der Waals surface area (Å²) in [6, 6.07) is 24.5. The van der Waals surface area contributed by atoms with E-state index in [-0.39, 0.29) is 24.6 Å². The quantitative estimate of drug-likeness (QED) is 0.187. The Morgan fingerprint density at radius 3 is 1.94 bits per heavy atom. The second kappa shape index (κ2) is 10.8. The van der Waals surface area contributed by atoms with E-state index >= 15 is 0 Å². The van der Waals surface area contributed by atoms with Gasteiger partial charge in [-0.25, -0.2) is 4.79 Å². The lowest BCUT2D eigenvalue weighted by Crippen LogP contribution is -2.17. The van der Waals surface area contributed by atoms with Crippen molar-refractivity contribution in [3.05, 3.63) is 120 Å². The van der Waals surface area contributed by atoms with Crippen LogP contribution in [0, 0.1) is 0 Å². The zero-order chi connectivity index (χ0) is 22.1. The number of carbonyl (C=O) groups excluding carboxylic acids is 3. The monoisotopic (exact) mass is 412 g/mol. The predicted molar refractivity (Wildman–Crippen MR) is 120 cm³/mol. The normalized spacial score (nSPS) is 11.4. The minimum atomic E-state index is -0.652. The molecular weight excluding hydrogens is 388 g/mol. The van der Waals surface area contributed by atoms with Gasteiger partial charge in [0.15, 0.2) is 11.6 Å². The van der Waals surface area contributed by atoms with Crippen LogP contribution in [0.4, 0.5) is 0 Å². The Hall–Kier alpha value is -3.79. The number of Topliss-reactive ketones (excluding diaryl/α,β-unsaturated/α-hetero) is 2. The summed E-state index contributed by atoms with van der Waals surface area (Å²) < 4.78 is 5.18. The third-order valence-electron chi connectivity index (χ3n) is 4.96. The Balaban J connectivity index is 1.85. The molecule has 0 saturated heterocycles. The van der Waals surface area contributed by atoms with Crippen LogP contribution in [0.15, 0.2) is 97.6 Å². The lowest BCUT2D eigenvalue weighted by atomic mass is 9.85. The molecule has 3 aromatic carbocycles. The summed E-state index contributed by atoms with van der Waals surface area (Å²) in [6.45, 7) is 3.87. The number of hydrogen-bond acceptors (Lipinski definition) is 4. The van der Waals surface area contributed by atoms with Gasteiger partial charge in [-0.2, -0.15) is 0 Å². The fraction of sp³-hybridized carbons (Fsp3) is 0.148. The average Bonchev–Trinajstić information content (AvgIpc) is 2.83. The number of ether oxygens (including phenoxy) is 1. The predicted octanol–water partition coefficient (Wildman–Crippen LogP) is 5.66. The Labute approximate surface area is 182 Å². The molecule has 0 spiro atoms. The van der Waals surface area contributed by atoms with Crippen molar-refractivity contribution in [2.45, 2.75) is 18.8 Å². The first-order valence-corrected chi connectivity index (χ1v) is 10.2. The van der Waals surface area contributed by atoms with Crippen LogP contribution in [0.5, 0.6) is 0 Å². The fourth-order valence-electron chi connectivity index (χ4n) is 3.26. The van der Waals surface area contributed by atoms with Crippen molar-refractivity contribution in [3.63, 3.8) is 0 Å².